The molecule has 0 aliphatic heterocycles. The van der Waals surface area contributed by atoms with Crippen LogP contribution in [0.4, 0.5) is 0 Å². The summed E-state index contributed by atoms with van der Waals surface area (Å²) in [5, 5.41) is 24.7. The van der Waals surface area contributed by atoms with Crippen molar-refractivity contribution in [1.82, 2.24) is 0 Å². The lowest BCUT2D eigenvalue weighted by Gasteiger charge is -2.03. The van der Waals surface area contributed by atoms with Crippen LogP contribution in [-0.4, -0.2) is 83.2 Å². The van der Waals surface area contributed by atoms with Gasteiger partial charge < -0.3 is 44.0 Å². The Morgan fingerprint density at radius 1 is 0.667 bits per heavy atom. The lowest BCUT2D eigenvalue weighted by Crippen LogP contribution is -2.36. The number of aliphatic carboxylic acids is 3. The summed E-state index contributed by atoms with van der Waals surface area (Å²) in [6.07, 6.45) is 4.33. The fourth-order valence-electron chi connectivity index (χ4n) is 1.56. The largest absolute Gasteiger partial charge is 0.480 e. The van der Waals surface area contributed by atoms with Crippen LogP contribution in [-0.2, 0) is 24.5 Å². The number of carbonyl (C=O) groups is 3. The molecule has 3 unspecified atom stereocenters. The topological polar surface area (TPSA) is 296 Å². The Hall–Kier alpha value is -1.88. The lowest BCUT2D eigenvalue weighted by molar-refractivity contribution is -0.139. The first-order valence-electron chi connectivity index (χ1n) is 9.00. The van der Waals surface area contributed by atoms with Gasteiger partial charge in [-0.15, -0.1) is 0 Å². The first-order chi connectivity index (χ1) is 13.7. The lowest BCUT2D eigenvalue weighted by atomic mass is 10.1. The van der Waals surface area contributed by atoms with Crippen LogP contribution in [0.25, 0.3) is 0 Å². The van der Waals surface area contributed by atoms with Gasteiger partial charge in [0.2, 0.25) is 0 Å². The summed E-state index contributed by atoms with van der Waals surface area (Å²) in [6.45, 7) is 1.21. The third-order valence-electron chi connectivity index (χ3n) is 3.28. The Kier molecular flexibility index (Phi) is 20.9. The third-order valence-corrected chi connectivity index (χ3v) is 4.06. The van der Waals surface area contributed by atoms with Crippen LogP contribution < -0.4 is 28.7 Å². The molecule has 0 heterocycles. The highest BCUT2D eigenvalue weighted by atomic mass is 32.2. The van der Waals surface area contributed by atoms with Crippen molar-refractivity contribution in [2.75, 3.05) is 18.8 Å². The van der Waals surface area contributed by atoms with Crippen molar-refractivity contribution in [3.05, 3.63) is 0 Å². The average molecular weight is 462 g/mol. The van der Waals surface area contributed by atoms with E-state index in [0.717, 1.165) is 25.7 Å². The Morgan fingerprint density at radius 2 is 0.967 bits per heavy atom. The Labute approximate surface area is 175 Å². The maximum absolute atomic E-state index is 10.1. The SMILES string of the molecule is NC(CS(=O)(=O)O)C(=O)O.NCCCCC(N)C(=O)O.NCCCCC(N)C(=O)O. The van der Waals surface area contributed by atoms with Gasteiger partial charge in [-0.3, -0.25) is 18.9 Å². The molecule has 0 saturated carbocycles. The van der Waals surface area contributed by atoms with Gasteiger partial charge in [-0.05, 0) is 38.8 Å². The number of hydrogen-bond acceptors (Lipinski definition) is 10. The van der Waals surface area contributed by atoms with Crippen LogP contribution in [0.15, 0.2) is 0 Å². The Morgan fingerprint density at radius 3 is 1.13 bits per heavy atom. The zero-order valence-corrected chi connectivity index (χ0v) is 17.5. The number of carboxylic acids is 3. The fraction of sp³-hybridized carbons (Fsp3) is 0.800. The molecule has 0 fully saturated rings. The second kappa shape index (κ2) is 19.1. The minimum Gasteiger partial charge on any atom is -0.480 e. The summed E-state index contributed by atoms with van der Waals surface area (Å²) < 4.78 is 28.0. The van der Waals surface area contributed by atoms with Crippen LogP contribution in [0, 0.1) is 0 Å². The van der Waals surface area contributed by atoms with Gasteiger partial charge in [0.25, 0.3) is 10.1 Å². The van der Waals surface area contributed by atoms with Gasteiger partial charge in [0, 0.05) is 0 Å². The van der Waals surface area contributed by atoms with E-state index in [1.807, 2.05) is 0 Å². The van der Waals surface area contributed by atoms with E-state index in [4.69, 9.17) is 48.5 Å². The van der Waals surface area contributed by atoms with Crippen molar-refractivity contribution in [2.24, 2.45) is 28.7 Å². The highest BCUT2D eigenvalue weighted by Crippen LogP contribution is 1.97. The molecule has 15 heteroatoms. The van der Waals surface area contributed by atoms with Crippen LogP contribution in [0.3, 0.4) is 0 Å². The highest BCUT2D eigenvalue weighted by molar-refractivity contribution is 7.85. The molecule has 0 saturated heterocycles. The Bertz CT molecular complexity index is 563. The molecule has 3 atom stereocenters. The predicted molar refractivity (Wildman–Crippen MR) is 109 cm³/mol. The van der Waals surface area contributed by atoms with Crippen molar-refractivity contribution in [3.63, 3.8) is 0 Å². The molecule has 0 spiro atoms. The molecule has 30 heavy (non-hydrogen) atoms. The second-order valence-electron chi connectivity index (χ2n) is 6.15. The van der Waals surface area contributed by atoms with Gasteiger partial charge in [0.15, 0.2) is 0 Å². The Balaban J connectivity index is -0.000000364. The fourth-order valence-corrected chi connectivity index (χ4v) is 2.16. The van der Waals surface area contributed by atoms with Crippen LogP contribution in [0.5, 0.6) is 0 Å². The number of unbranched alkanes of at least 4 members (excludes halogenated alkanes) is 2. The minimum atomic E-state index is -4.27. The average Bonchev–Trinajstić information content (AvgIpc) is 2.61. The van der Waals surface area contributed by atoms with E-state index in [9.17, 15) is 22.8 Å². The molecule has 0 aliphatic carbocycles. The minimum absolute atomic E-state index is 0.520. The van der Waals surface area contributed by atoms with Crippen molar-refractivity contribution in [1.29, 1.82) is 0 Å². The molecule has 0 rings (SSSR count). The van der Waals surface area contributed by atoms with E-state index >= 15 is 0 Å². The zero-order chi connectivity index (χ0) is 24.3. The normalized spacial score (nSPS) is 13.5. The summed E-state index contributed by atoms with van der Waals surface area (Å²) in [4.78, 5) is 30.2. The van der Waals surface area contributed by atoms with Gasteiger partial charge in [0.1, 0.15) is 23.9 Å². The number of rotatable bonds is 13. The second-order valence-corrected chi connectivity index (χ2v) is 7.65. The van der Waals surface area contributed by atoms with Crippen LogP contribution >= 0.6 is 0 Å². The maximum Gasteiger partial charge on any atom is 0.321 e. The quantitative estimate of drug-likeness (QED) is 0.0998. The van der Waals surface area contributed by atoms with Gasteiger partial charge in [-0.2, -0.15) is 8.42 Å². The summed E-state index contributed by atoms with van der Waals surface area (Å²) >= 11 is 0. The van der Waals surface area contributed by atoms with Crippen LogP contribution in [0.1, 0.15) is 38.5 Å². The molecule has 0 bridgehead atoms. The zero-order valence-electron chi connectivity index (χ0n) is 16.7. The molecule has 14 nitrogen and oxygen atoms in total. The first-order valence-corrected chi connectivity index (χ1v) is 10.6. The van der Waals surface area contributed by atoms with Gasteiger partial charge >= 0.3 is 17.9 Å². The van der Waals surface area contributed by atoms with Gasteiger partial charge in [-0.1, -0.05) is 12.8 Å². The van der Waals surface area contributed by atoms with E-state index in [2.05, 4.69) is 0 Å². The van der Waals surface area contributed by atoms with Crippen molar-refractivity contribution < 1.29 is 42.7 Å². The van der Waals surface area contributed by atoms with E-state index in [1.54, 1.807) is 0 Å². The van der Waals surface area contributed by atoms with Gasteiger partial charge in [-0.25, -0.2) is 0 Å². The van der Waals surface area contributed by atoms with E-state index in [0.29, 0.717) is 25.9 Å². The number of carboxylic acid groups (broad SMARTS) is 3. The summed E-state index contributed by atoms with van der Waals surface area (Å²) in [6, 6.07) is -2.99. The molecular weight excluding hydrogens is 426 g/mol. The van der Waals surface area contributed by atoms with Crippen molar-refractivity contribution >= 4 is 28.0 Å². The smallest absolute Gasteiger partial charge is 0.321 e. The van der Waals surface area contributed by atoms with Crippen molar-refractivity contribution in [3.8, 4) is 0 Å². The summed E-state index contributed by atoms with van der Waals surface area (Å²) in [5.41, 5.74) is 25.6. The third kappa shape index (κ3) is 26.1. The molecule has 0 aliphatic rings. The maximum atomic E-state index is 10.1. The summed E-state index contributed by atoms with van der Waals surface area (Å²) in [7, 11) is -4.27. The molecule has 0 radical (unpaired) electrons. The molecule has 0 aromatic heterocycles. The number of nitrogens with two attached hydrogens (primary N) is 5. The molecule has 0 aromatic rings. The standard InChI is InChI=1S/2C6H14N2O2.C3H7NO5S/c2*7-4-2-1-3-5(8)6(9)10;4-2(3(5)6)1-10(7,8)9/h2*5H,1-4,7-8H2,(H,9,10);2H,1,4H2,(H,5,6)(H,7,8,9). The highest BCUT2D eigenvalue weighted by Gasteiger charge is 2.18. The predicted octanol–water partition coefficient (Wildman–Crippen LogP) is -2.66. The van der Waals surface area contributed by atoms with Crippen molar-refractivity contribution in [2.45, 2.75) is 56.7 Å². The molecule has 0 aromatic carbocycles. The molecule has 0 amide bonds. The van der Waals surface area contributed by atoms with Gasteiger partial charge in [0.05, 0.1) is 0 Å². The number of hydrogen-bond donors (Lipinski definition) is 9. The monoisotopic (exact) mass is 461 g/mol. The molecule has 180 valence electrons. The summed E-state index contributed by atoms with van der Waals surface area (Å²) in [5.74, 6) is -4.28. The van der Waals surface area contributed by atoms with E-state index < -0.39 is 51.9 Å². The van der Waals surface area contributed by atoms with Crippen LogP contribution in [0.2, 0.25) is 0 Å². The molecule has 14 N–H and O–H groups in total. The van der Waals surface area contributed by atoms with E-state index in [1.165, 1.54) is 0 Å². The molecular formula is C15H35N5O9S. The van der Waals surface area contributed by atoms with E-state index in [-0.39, 0.29) is 0 Å². The first kappa shape index (κ1) is 32.8.